The van der Waals surface area contributed by atoms with Gasteiger partial charge in [0.25, 0.3) is 0 Å². The molecule has 0 aromatic heterocycles. The molecule has 0 saturated carbocycles. The van der Waals surface area contributed by atoms with Crippen LogP contribution in [-0.4, -0.2) is 30.7 Å². The fourth-order valence-corrected chi connectivity index (χ4v) is 2.95. The van der Waals surface area contributed by atoms with Crippen molar-refractivity contribution in [1.29, 1.82) is 0 Å². The number of benzene rings is 1. The van der Waals surface area contributed by atoms with Gasteiger partial charge in [0.05, 0.1) is 6.67 Å². The number of carbonyl (C=O) groups is 1. The molecule has 1 aliphatic heterocycles. The molecule has 1 heterocycles. The highest BCUT2D eigenvalue weighted by atomic mass is 31.0. The highest BCUT2D eigenvalue weighted by Crippen LogP contribution is 2.21. The maximum atomic E-state index is 12.3. The number of nitrogens with one attached hydrogen (secondary N) is 1. The van der Waals surface area contributed by atoms with Crippen molar-refractivity contribution in [1.82, 2.24) is 4.90 Å². The lowest BCUT2D eigenvalue weighted by atomic mass is 10.1. The van der Waals surface area contributed by atoms with Gasteiger partial charge in [0.15, 0.2) is 0 Å². The van der Waals surface area contributed by atoms with E-state index in [1.165, 1.54) is 5.56 Å². The zero-order chi connectivity index (χ0) is 14.7. The van der Waals surface area contributed by atoms with Crippen LogP contribution in [0.5, 0.6) is 0 Å². The average Bonchev–Trinajstić information content (AvgIpc) is 2.85. The number of anilines is 1. The molecule has 1 unspecified atom stereocenters. The molecule has 5 heteroatoms. The Hall–Kier alpha value is -1.15. The molecule has 1 fully saturated rings. The lowest BCUT2D eigenvalue weighted by molar-refractivity contribution is 0.220. The predicted octanol–water partition coefficient (Wildman–Crippen LogP) is 3.02. The first-order valence-electron chi connectivity index (χ1n) is 7.00. The summed E-state index contributed by atoms with van der Waals surface area (Å²) in [6, 6.07) is 3.95. The molecule has 1 saturated heterocycles. The van der Waals surface area contributed by atoms with Gasteiger partial charge in [-0.15, -0.1) is 9.24 Å². The minimum absolute atomic E-state index is 0.0849. The molecule has 0 aliphatic carbocycles. The van der Waals surface area contributed by atoms with Crippen molar-refractivity contribution in [3.8, 4) is 0 Å². The molecule has 20 heavy (non-hydrogen) atoms. The van der Waals surface area contributed by atoms with Crippen molar-refractivity contribution in [3.63, 3.8) is 0 Å². The smallest absolute Gasteiger partial charge is 0.321 e. The molecule has 0 radical (unpaired) electrons. The van der Waals surface area contributed by atoms with E-state index in [0.29, 0.717) is 25.4 Å². The Morgan fingerprint density at radius 2 is 2.15 bits per heavy atom. The number of halogens is 1. The molecule has 3 nitrogen and oxygen atoms in total. The number of hydrogen-bond donors (Lipinski definition) is 1. The number of alkyl halides is 1. The SMILES string of the molecule is Cc1cc(P)c(NC(=O)N2CC[C@@H](CCF)C2)cc1C. The summed E-state index contributed by atoms with van der Waals surface area (Å²) in [5.74, 6) is 0.306. The molecule has 2 atom stereocenters. The maximum Gasteiger partial charge on any atom is 0.321 e. The van der Waals surface area contributed by atoms with Crippen LogP contribution in [0.15, 0.2) is 12.1 Å². The van der Waals surface area contributed by atoms with Gasteiger partial charge in [-0.05, 0) is 61.2 Å². The van der Waals surface area contributed by atoms with Crippen molar-refractivity contribution < 1.29 is 9.18 Å². The van der Waals surface area contributed by atoms with E-state index in [0.717, 1.165) is 23.0 Å². The van der Waals surface area contributed by atoms with E-state index in [2.05, 4.69) is 21.5 Å². The number of nitrogens with zero attached hydrogens (tertiary/aromatic N) is 1. The third-order valence-electron chi connectivity index (χ3n) is 4.00. The predicted molar refractivity (Wildman–Crippen MR) is 84.6 cm³/mol. The van der Waals surface area contributed by atoms with Gasteiger partial charge < -0.3 is 10.2 Å². The lowest BCUT2D eigenvalue weighted by Gasteiger charge is -2.19. The molecular formula is C15H22FN2OP. The van der Waals surface area contributed by atoms with Gasteiger partial charge >= 0.3 is 6.03 Å². The van der Waals surface area contributed by atoms with Crippen LogP contribution in [-0.2, 0) is 0 Å². The van der Waals surface area contributed by atoms with E-state index in [4.69, 9.17) is 0 Å². The number of urea groups is 1. The molecule has 1 aliphatic rings. The largest absolute Gasteiger partial charge is 0.324 e. The Bertz CT molecular complexity index is 507. The minimum Gasteiger partial charge on any atom is -0.324 e. The fourth-order valence-electron chi connectivity index (χ4n) is 2.55. The highest BCUT2D eigenvalue weighted by molar-refractivity contribution is 7.28. The lowest BCUT2D eigenvalue weighted by Crippen LogP contribution is -2.34. The van der Waals surface area contributed by atoms with Crippen LogP contribution in [0.3, 0.4) is 0 Å². The Kier molecular flexibility index (Phi) is 4.98. The van der Waals surface area contributed by atoms with Gasteiger partial charge in [-0.25, -0.2) is 4.79 Å². The fraction of sp³-hybridized carbons (Fsp3) is 0.533. The second kappa shape index (κ2) is 6.53. The summed E-state index contributed by atoms with van der Waals surface area (Å²) < 4.78 is 12.3. The number of likely N-dealkylation sites (tertiary alicyclic amines) is 1. The number of amides is 2. The first kappa shape index (κ1) is 15.2. The monoisotopic (exact) mass is 296 g/mol. The normalized spacial score (nSPS) is 18.4. The Labute approximate surface area is 122 Å². The van der Waals surface area contributed by atoms with Crippen LogP contribution in [0.4, 0.5) is 14.9 Å². The van der Waals surface area contributed by atoms with Crippen molar-refractivity contribution in [2.75, 3.05) is 25.1 Å². The summed E-state index contributed by atoms with van der Waals surface area (Å²) in [5.41, 5.74) is 3.19. The Morgan fingerprint density at radius 3 is 2.85 bits per heavy atom. The van der Waals surface area contributed by atoms with Gasteiger partial charge in [0, 0.05) is 18.8 Å². The third kappa shape index (κ3) is 3.49. The van der Waals surface area contributed by atoms with Crippen molar-refractivity contribution in [3.05, 3.63) is 23.3 Å². The molecule has 0 spiro atoms. The average molecular weight is 296 g/mol. The number of carbonyl (C=O) groups excluding carboxylic acids is 1. The van der Waals surface area contributed by atoms with Crippen LogP contribution >= 0.6 is 9.24 Å². The standard InChI is InChI=1S/C15H22FN2OP/c1-10-7-13(14(20)8-11(10)2)17-15(19)18-6-4-12(9-18)3-5-16/h7-8,12H,3-6,9,20H2,1-2H3,(H,17,19)/t12-/m1/s1. The van der Waals surface area contributed by atoms with Crippen LogP contribution in [0.2, 0.25) is 0 Å². The van der Waals surface area contributed by atoms with E-state index in [1.54, 1.807) is 4.90 Å². The number of rotatable bonds is 3. The zero-order valence-corrected chi connectivity index (χ0v) is 13.2. The summed E-state index contributed by atoms with van der Waals surface area (Å²) in [6.07, 6.45) is 1.46. The van der Waals surface area contributed by atoms with E-state index >= 15 is 0 Å². The Balaban J connectivity index is 2.00. The van der Waals surface area contributed by atoms with Crippen molar-refractivity contribution in [2.45, 2.75) is 26.7 Å². The Morgan fingerprint density at radius 1 is 1.45 bits per heavy atom. The first-order valence-corrected chi connectivity index (χ1v) is 7.57. The van der Waals surface area contributed by atoms with Crippen LogP contribution < -0.4 is 10.6 Å². The molecule has 2 rings (SSSR count). The summed E-state index contributed by atoms with van der Waals surface area (Å²) in [7, 11) is 2.65. The van der Waals surface area contributed by atoms with Crippen molar-refractivity contribution >= 4 is 26.3 Å². The van der Waals surface area contributed by atoms with E-state index in [-0.39, 0.29) is 12.7 Å². The maximum absolute atomic E-state index is 12.3. The molecule has 1 aromatic rings. The van der Waals surface area contributed by atoms with Gasteiger partial charge in [0.2, 0.25) is 0 Å². The number of aryl methyl sites for hydroxylation is 2. The molecular weight excluding hydrogens is 274 g/mol. The van der Waals surface area contributed by atoms with Gasteiger partial charge in [-0.3, -0.25) is 4.39 Å². The van der Waals surface area contributed by atoms with Gasteiger partial charge in [-0.2, -0.15) is 0 Å². The van der Waals surface area contributed by atoms with E-state index in [1.807, 2.05) is 19.1 Å². The van der Waals surface area contributed by atoms with E-state index in [9.17, 15) is 9.18 Å². The first-order chi connectivity index (χ1) is 9.51. The molecule has 1 aromatic carbocycles. The van der Waals surface area contributed by atoms with Gasteiger partial charge in [-0.1, -0.05) is 0 Å². The van der Waals surface area contributed by atoms with Gasteiger partial charge in [0.1, 0.15) is 0 Å². The summed E-state index contributed by atoms with van der Waals surface area (Å²) in [6.45, 7) is 5.16. The summed E-state index contributed by atoms with van der Waals surface area (Å²) >= 11 is 0. The molecule has 110 valence electrons. The quantitative estimate of drug-likeness (QED) is 0.854. The third-order valence-corrected chi connectivity index (χ3v) is 4.48. The van der Waals surface area contributed by atoms with Crippen molar-refractivity contribution in [2.24, 2.45) is 5.92 Å². The molecule has 1 N–H and O–H groups in total. The molecule has 0 bridgehead atoms. The van der Waals surface area contributed by atoms with E-state index < -0.39 is 0 Å². The zero-order valence-electron chi connectivity index (χ0n) is 12.1. The van der Waals surface area contributed by atoms with Crippen LogP contribution in [0.1, 0.15) is 24.0 Å². The summed E-state index contributed by atoms with van der Waals surface area (Å²) in [5, 5.41) is 3.94. The number of hydrogen-bond acceptors (Lipinski definition) is 1. The topological polar surface area (TPSA) is 32.3 Å². The van der Waals surface area contributed by atoms with Crippen LogP contribution in [0, 0.1) is 19.8 Å². The van der Waals surface area contributed by atoms with Crippen LogP contribution in [0.25, 0.3) is 0 Å². The summed E-state index contributed by atoms with van der Waals surface area (Å²) in [4.78, 5) is 14.0. The second-order valence-electron chi connectivity index (χ2n) is 5.53. The second-order valence-corrected chi connectivity index (χ2v) is 6.15. The highest BCUT2D eigenvalue weighted by Gasteiger charge is 2.26. The molecule has 2 amide bonds. The minimum atomic E-state index is -0.299.